The molecule has 1 aromatic carbocycles. The largest absolute Gasteiger partial charge is 0.328 e. The summed E-state index contributed by atoms with van der Waals surface area (Å²) in [5.41, 5.74) is 1.77. The molecule has 0 N–H and O–H groups in total. The van der Waals surface area contributed by atoms with Gasteiger partial charge in [0, 0.05) is 18.8 Å². The molecule has 3 rings (SSSR count). The van der Waals surface area contributed by atoms with Crippen molar-refractivity contribution in [3.8, 4) is 0 Å². The zero-order valence-corrected chi connectivity index (χ0v) is 10.3. The Morgan fingerprint density at radius 2 is 2.24 bits per heavy atom. The van der Waals surface area contributed by atoms with E-state index >= 15 is 0 Å². The summed E-state index contributed by atoms with van der Waals surface area (Å²) >= 11 is 5.79. The van der Waals surface area contributed by atoms with Crippen molar-refractivity contribution >= 4 is 22.6 Å². The van der Waals surface area contributed by atoms with Crippen molar-refractivity contribution in [2.45, 2.75) is 25.8 Å². The van der Waals surface area contributed by atoms with Crippen LogP contribution in [0.1, 0.15) is 18.7 Å². The SMILES string of the molecule is Fc1ccc2nc(CCCl)n(CC3CC3)c2c1. The maximum Gasteiger partial charge on any atom is 0.125 e. The molecule has 0 atom stereocenters. The van der Waals surface area contributed by atoms with Crippen LogP contribution in [0.25, 0.3) is 11.0 Å². The van der Waals surface area contributed by atoms with Crippen LogP contribution in [0.3, 0.4) is 0 Å². The zero-order chi connectivity index (χ0) is 11.8. The zero-order valence-electron chi connectivity index (χ0n) is 9.50. The maximum atomic E-state index is 13.3. The number of nitrogens with zero attached hydrogens (tertiary/aromatic N) is 2. The van der Waals surface area contributed by atoms with Gasteiger partial charge in [-0.25, -0.2) is 9.37 Å². The molecule has 0 amide bonds. The molecule has 1 heterocycles. The van der Waals surface area contributed by atoms with Crippen molar-refractivity contribution in [2.24, 2.45) is 5.92 Å². The van der Waals surface area contributed by atoms with Crippen LogP contribution in [-0.4, -0.2) is 15.4 Å². The number of aryl methyl sites for hydroxylation is 1. The summed E-state index contributed by atoms with van der Waals surface area (Å²) < 4.78 is 15.4. The number of aromatic nitrogens is 2. The van der Waals surface area contributed by atoms with Gasteiger partial charge in [-0.1, -0.05) is 0 Å². The normalized spacial score (nSPS) is 15.6. The van der Waals surface area contributed by atoms with Gasteiger partial charge in [0.15, 0.2) is 0 Å². The molecule has 1 fully saturated rings. The topological polar surface area (TPSA) is 17.8 Å². The third-order valence-electron chi connectivity index (χ3n) is 3.25. The van der Waals surface area contributed by atoms with E-state index in [2.05, 4.69) is 9.55 Å². The van der Waals surface area contributed by atoms with Crippen LogP contribution >= 0.6 is 11.6 Å². The predicted octanol–water partition coefficient (Wildman–Crippen LogP) is 3.37. The lowest BCUT2D eigenvalue weighted by Crippen LogP contribution is -2.06. The van der Waals surface area contributed by atoms with Gasteiger partial charge in [-0.05, 0) is 37.0 Å². The van der Waals surface area contributed by atoms with E-state index in [4.69, 9.17) is 11.6 Å². The quantitative estimate of drug-likeness (QED) is 0.763. The first-order valence-electron chi connectivity index (χ1n) is 5.98. The highest BCUT2D eigenvalue weighted by atomic mass is 35.5. The van der Waals surface area contributed by atoms with Crippen LogP contribution in [0.5, 0.6) is 0 Å². The number of hydrogen-bond donors (Lipinski definition) is 0. The molecule has 1 aliphatic rings. The minimum absolute atomic E-state index is 0.202. The van der Waals surface area contributed by atoms with Crippen LogP contribution in [0, 0.1) is 11.7 Å². The van der Waals surface area contributed by atoms with Crippen molar-refractivity contribution in [1.82, 2.24) is 9.55 Å². The van der Waals surface area contributed by atoms with Crippen LogP contribution < -0.4 is 0 Å². The molecule has 0 bridgehead atoms. The molecular weight excluding hydrogens is 239 g/mol. The molecule has 0 spiro atoms. The summed E-state index contributed by atoms with van der Waals surface area (Å²) in [5.74, 6) is 2.07. The van der Waals surface area contributed by atoms with Crippen LogP contribution in [0.2, 0.25) is 0 Å². The van der Waals surface area contributed by atoms with Crippen LogP contribution in [0.15, 0.2) is 18.2 Å². The third kappa shape index (κ3) is 2.16. The molecule has 2 aromatic rings. The number of hydrogen-bond acceptors (Lipinski definition) is 1. The first-order valence-corrected chi connectivity index (χ1v) is 6.52. The Balaban J connectivity index is 2.09. The molecule has 0 unspecified atom stereocenters. The Morgan fingerprint density at radius 3 is 2.94 bits per heavy atom. The van der Waals surface area contributed by atoms with Crippen molar-refractivity contribution in [3.05, 3.63) is 29.8 Å². The Hall–Kier alpha value is -1.09. The van der Waals surface area contributed by atoms with E-state index in [1.807, 2.05) is 0 Å². The molecule has 1 aromatic heterocycles. The lowest BCUT2D eigenvalue weighted by Gasteiger charge is -2.07. The highest BCUT2D eigenvalue weighted by molar-refractivity contribution is 6.17. The maximum absolute atomic E-state index is 13.3. The summed E-state index contributed by atoms with van der Waals surface area (Å²) in [6.07, 6.45) is 3.29. The fraction of sp³-hybridized carbons (Fsp3) is 0.462. The Morgan fingerprint density at radius 1 is 1.41 bits per heavy atom. The van der Waals surface area contributed by atoms with Gasteiger partial charge in [-0.2, -0.15) is 0 Å². The number of imidazole rings is 1. The molecule has 1 aliphatic carbocycles. The van der Waals surface area contributed by atoms with Crippen molar-refractivity contribution < 1.29 is 4.39 Å². The second-order valence-corrected chi connectivity index (χ2v) is 5.03. The Kier molecular flexibility index (Phi) is 2.79. The van der Waals surface area contributed by atoms with Crippen LogP contribution in [0.4, 0.5) is 4.39 Å². The van der Waals surface area contributed by atoms with Crippen molar-refractivity contribution in [3.63, 3.8) is 0 Å². The van der Waals surface area contributed by atoms with Gasteiger partial charge in [0.25, 0.3) is 0 Å². The van der Waals surface area contributed by atoms with E-state index < -0.39 is 0 Å². The van der Waals surface area contributed by atoms with Gasteiger partial charge in [-0.3, -0.25) is 0 Å². The van der Waals surface area contributed by atoms with E-state index in [-0.39, 0.29) is 5.82 Å². The highest BCUT2D eigenvalue weighted by Crippen LogP contribution is 2.32. The molecule has 17 heavy (non-hydrogen) atoms. The Labute approximate surface area is 104 Å². The second kappa shape index (κ2) is 4.30. The molecule has 4 heteroatoms. The number of rotatable bonds is 4. The number of alkyl halides is 1. The van der Waals surface area contributed by atoms with Gasteiger partial charge in [0.2, 0.25) is 0 Å². The number of fused-ring (bicyclic) bond motifs is 1. The van der Waals surface area contributed by atoms with Gasteiger partial charge < -0.3 is 4.57 Å². The predicted molar refractivity (Wildman–Crippen MR) is 66.8 cm³/mol. The smallest absolute Gasteiger partial charge is 0.125 e. The summed E-state index contributed by atoms with van der Waals surface area (Å²) in [6, 6.07) is 4.77. The minimum atomic E-state index is -0.202. The number of halogens is 2. The van der Waals surface area contributed by atoms with Gasteiger partial charge in [0.05, 0.1) is 11.0 Å². The number of benzene rings is 1. The first-order chi connectivity index (χ1) is 8.28. The molecule has 0 radical (unpaired) electrons. The lowest BCUT2D eigenvalue weighted by atomic mass is 10.3. The van der Waals surface area contributed by atoms with Gasteiger partial charge >= 0.3 is 0 Å². The standard InChI is InChI=1S/C13H14ClFN2/c14-6-5-13-16-11-4-3-10(15)7-12(11)17(13)8-9-1-2-9/h3-4,7,9H,1-2,5-6,8H2. The van der Waals surface area contributed by atoms with E-state index in [0.717, 1.165) is 35.7 Å². The molecule has 2 nitrogen and oxygen atoms in total. The molecule has 1 saturated carbocycles. The van der Waals surface area contributed by atoms with E-state index in [9.17, 15) is 4.39 Å². The average Bonchev–Trinajstić information content (AvgIpc) is 3.06. The molecular formula is C13H14ClFN2. The van der Waals surface area contributed by atoms with Crippen LogP contribution in [-0.2, 0) is 13.0 Å². The lowest BCUT2D eigenvalue weighted by molar-refractivity contribution is 0.607. The average molecular weight is 253 g/mol. The summed E-state index contributed by atoms with van der Waals surface area (Å²) in [4.78, 5) is 4.54. The fourth-order valence-corrected chi connectivity index (χ4v) is 2.35. The van der Waals surface area contributed by atoms with E-state index in [0.29, 0.717) is 5.88 Å². The van der Waals surface area contributed by atoms with Crippen molar-refractivity contribution in [2.75, 3.05) is 5.88 Å². The monoisotopic (exact) mass is 252 g/mol. The first kappa shape index (κ1) is 11.0. The van der Waals surface area contributed by atoms with Crippen molar-refractivity contribution in [1.29, 1.82) is 0 Å². The fourth-order valence-electron chi connectivity index (χ4n) is 2.18. The Bertz CT molecular complexity index is 546. The molecule has 0 aliphatic heterocycles. The molecule has 0 saturated heterocycles. The highest BCUT2D eigenvalue weighted by Gasteiger charge is 2.24. The second-order valence-electron chi connectivity index (χ2n) is 4.65. The van der Waals surface area contributed by atoms with Gasteiger partial charge in [-0.15, -0.1) is 11.6 Å². The summed E-state index contributed by atoms with van der Waals surface area (Å²) in [5, 5.41) is 0. The van der Waals surface area contributed by atoms with Gasteiger partial charge in [0.1, 0.15) is 11.6 Å². The third-order valence-corrected chi connectivity index (χ3v) is 3.43. The molecule has 90 valence electrons. The van der Waals surface area contributed by atoms with E-state index in [1.54, 1.807) is 12.1 Å². The summed E-state index contributed by atoms with van der Waals surface area (Å²) in [6.45, 7) is 0.951. The summed E-state index contributed by atoms with van der Waals surface area (Å²) in [7, 11) is 0. The minimum Gasteiger partial charge on any atom is -0.328 e. The van der Waals surface area contributed by atoms with E-state index in [1.165, 1.54) is 18.9 Å².